The van der Waals surface area contributed by atoms with Crippen LogP contribution in [0.2, 0.25) is 5.02 Å². The third-order valence-electron chi connectivity index (χ3n) is 4.07. The van der Waals surface area contributed by atoms with Gasteiger partial charge in [-0.25, -0.2) is 13.6 Å². The molecule has 1 amide bonds. The molecule has 3 aromatic rings. The van der Waals surface area contributed by atoms with Crippen LogP contribution in [0.15, 0.2) is 41.2 Å². The second-order valence-electron chi connectivity index (χ2n) is 6.04. The Labute approximate surface area is 161 Å². The number of halogens is 3. The molecular formula is C19H13ClF2N2O4. The highest BCUT2D eigenvalue weighted by molar-refractivity contribution is 6.31. The van der Waals surface area contributed by atoms with E-state index in [-0.39, 0.29) is 23.6 Å². The van der Waals surface area contributed by atoms with Gasteiger partial charge in [-0.1, -0.05) is 17.7 Å². The summed E-state index contributed by atoms with van der Waals surface area (Å²) in [5.41, 5.74) is -0.411. The summed E-state index contributed by atoms with van der Waals surface area (Å²) in [5, 5.41) is 12.3. The minimum absolute atomic E-state index is 0.0364. The van der Waals surface area contributed by atoms with Crippen LogP contribution in [0.5, 0.6) is 0 Å². The molecule has 0 aliphatic rings. The standard InChI is InChI=1S/C19H13ClF2N2O4/c20-12-3-10-5-14(19(27)28)18(26)24-17(10)11(4-12)8-23-16(25)6-9-1-2-13(21)7-15(9)22/h1-5,7H,6,8H2,(H,23,25)(H,24,26)(H,27,28). The van der Waals surface area contributed by atoms with Gasteiger partial charge in [0.25, 0.3) is 5.56 Å². The van der Waals surface area contributed by atoms with Crippen LogP contribution in [0.1, 0.15) is 21.5 Å². The number of carbonyl (C=O) groups is 2. The third kappa shape index (κ3) is 4.17. The van der Waals surface area contributed by atoms with E-state index in [1.807, 2.05) is 0 Å². The largest absolute Gasteiger partial charge is 0.477 e. The van der Waals surface area contributed by atoms with Crippen molar-refractivity contribution < 1.29 is 23.5 Å². The summed E-state index contributed by atoms with van der Waals surface area (Å²) in [6, 6.07) is 7.13. The van der Waals surface area contributed by atoms with Crippen molar-refractivity contribution in [2.45, 2.75) is 13.0 Å². The maximum Gasteiger partial charge on any atom is 0.341 e. The summed E-state index contributed by atoms with van der Waals surface area (Å²) in [7, 11) is 0. The number of aromatic carboxylic acids is 1. The zero-order valence-corrected chi connectivity index (χ0v) is 14.9. The van der Waals surface area contributed by atoms with Crippen molar-refractivity contribution in [2.75, 3.05) is 0 Å². The third-order valence-corrected chi connectivity index (χ3v) is 4.29. The van der Waals surface area contributed by atoms with Gasteiger partial charge in [0.2, 0.25) is 5.91 Å². The molecule has 0 bridgehead atoms. The van der Waals surface area contributed by atoms with Crippen molar-refractivity contribution in [1.82, 2.24) is 10.3 Å². The van der Waals surface area contributed by atoms with Gasteiger partial charge >= 0.3 is 5.97 Å². The second kappa shape index (κ2) is 7.77. The Morgan fingerprint density at radius 1 is 1.11 bits per heavy atom. The first-order chi connectivity index (χ1) is 13.2. The van der Waals surface area contributed by atoms with Crippen molar-refractivity contribution in [3.8, 4) is 0 Å². The van der Waals surface area contributed by atoms with Crippen LogP contribution in [0.4, 0.5) is 8.78 Å². The smallest absolute Gasteiger partial charge is 0.341 e. The molecule has 144 valence electrons. The minimum atomic E-state index is -1.38. The van der Waals surface area contributed by atoms with Crippen LogP contribution in [0.3, 0.4) is 0 Å². The van der Waals surface area contributed by atoms with E-state index in [2.05, 4.69) is 10.3 Å². The van der Waals surface area contributed by atoms with Gasteiger partial charge in [0.05, 0.1) is 11.9 Å². The van der Waals surface area contributed by atoms with Gasteiger partial charge in [-0.2, -0.15) is 0 Å². The second-order valence-corrected chi connectivity index (χ2v) is 6.47. The molecular weight excluding hydrogens is 394 g/mol. The van der Waals surface area contributed by atoms with Gasteiger partial charge in [0.1, 0.15) is 17.2 Å². The molecule has 6 nitrogen and oxygen atoms in total. The van der Waals surface area contributed by atoms with Gasteiger partial charge in [0, 0.05) is 23.0 Å². The highest BCUT2D eigenvalue weighted by Gasteiger charge is 2.14. The summed E-state index contributed by atoms with van der Waals surface area (Å²) in [6.45, 7) is -0.0406. The van der Waals surface area contributed by atoms with Crippen LogP contribution < -0.4 is 10.9 Å². The minimum Gasteiger partial charge on any atom is -0.477 e. The van der Waals surface area contributed by atoms with Crippen LogP contribution in [-0.2, 0) is 17.8 Å². The molecule has 1 heterocycles. The van der Waals surface area contributed by atoms with Crippen LogP contribution in [0.25, 0.3) is 10.9 Å². The molecule has 0 unspecified atom stereocenters. The number of hydrogen-bond acceptors (Lipinski definition) is 3. The van der Waals surface area contributed by atoms with Crippen molar-refractivity contribution >= 4 is 34.4 Å². The molecule has 1 aromatic heterocycles. The topological polar surface area (TPSA) is 99.3 Å². The van der Waals surface area contributed by atoms with Gasteiger partial charge in [-0.05, 0) is 35.4 Å². The summed E-state index contributed by atoms with van der Waals surface area (Å²) >= 11 is 6.04. The van der Waals surface area contributed by atoms with Gasteiger partial charge < -0.3 is 15.4 Å². The van der Waals surface area contributed by atoms with Crippen molar-refractivity contribution in [3.63, 3.8) is 0 Å². The lowest BCUT2D eigenvalue weighted by molar-refractivity contribution is -0.120. The molecule has 9 heteroatoms. The van der Waals surface area contributed by atoms with Gasteiger partial charge in [-0.15, -0.1) is 0 Å². The number of amides is 1. The summed E-state index contributed by atoms with van der Waals surface area (Å²) < 4.78 is 26.6. The highest BCUT2D eigenvalue weighted by atomic mass is 35.5. The van der Waals surface area contributed by atoms with Crippen molar-refractivity contribution in [2.24, 2.45) is 0 Å². The van der Waals surface area contributed by atoms with Crippen molar-refractivity contribution in [3.05, 3.63) is 80.1 Å². The number of carbonyl (C=O) groups excluding carboxylic acids is 1. The lowest BCUT2D eigenvalue weighted by Crippen LogP contribution is -2.25. The molecule has 0 atom stereocenters. The van der Waals surface area contributed by atoms with E-state index < -0.39 is 34.6 Å². The zero-order chi connectivity index (χ0) is 20.4. The number of hydrogen-bond donors (Lipinski definition) is 3. The monoisotopic (exact) mass is 406 g/mol. The normalized spacial score (nSPS) is 10.8. The van der Waals surface area contributed by atoms with Gasteiger partial charge in [-0.3, -0.25) is 9.59 Å². The van der Waals surface area contributed by atoms with Crippen molar-refractivity contribution in [1.29, 1.82) is 0 Å². The van der Waals surface area contributed by atoms with Crippen LogP contribution in [-0.4, -0.2) is 22.0 Å². The summed E-state index contributed by atoms with van der Waals surface area (Å²) in [6.07, 6.45) is -0.301. The zero-order valence-electron chi connectivity index (χ0n) is 14.2. The van der Waals surface area contributed by atoms with E-state index in [0.29, 0.717) is 22.5 Å². The summed E-state index contributed by atoms with van der Waals surface area (Å²) in [4.78, 5) is 37.6. The average molecular weight is 407 g/mol. The first-order valence-corrected chi connectivity index (χ1v) is 8.42. The molecule has 0 aliphatic heterocycles. The molecule has 0 saturated heterocycles. The average Bonchev–Trinajstić information content (AvgIpc) is 2.62. The number of pyridine rings is 1. The number of aromatic nitrogens is 1. The number of carboxylic acid groups (broad SMARTS) is 1. The Morgan fingerprint density at radius 2 is 1.86 bits per heavy atom. The maximum absolute atomic E-state index is 13.7. The Bertz CT molecular complexity index is 1160. The molecule has 3 rings (SSSR count). The van der Waals surface area contributed by atoms with E-state index in [1.165, 1.54) is 24.3 Å². The molecule has 28 heavy (non-hydrogen) atoms. The predicted molar refractivity (Wildman–Crippen MR) is 98.4 cm³/mol. The SMILES string of the molecule is O=C(Cc1ccc(F)cc1F)NCc1cc(Cl)cc2cc(C(=O)O)c(=O)[nH]c12. The van der Waals surface area contributed by atoms with E-state index in [9.17, 15) is 23.2 Å². The first-order valence-electron chi connectivity index (χ1n) is 8.04. The fraction of sp³-hybridized carbons (Fsp3) is 0.105. The number of rotatable bonds is 5. The predicted octanol–water partition coefficient (Wildman–Crippen LogP) is 3.02. The van der Waals surface area contributed by atoms with E-state index >= 15 is 0 Å². The van der Waals surface area contributed by atoms with E-state index in [1.54, 1.807) is 0 Å². The quantitative estimate of drug-likeness (QED) is 0.606. The number of benzene rings is 2. The Balaban J connectivity index is 1.83. The molecule has 3 N–H and O–H groups in total. The Hall–Kier alpha value is -3.26. The molecule has 0 radical (unpaired) electrons. The maximum atomic E-state index is 13.7. The number of aromatic amines is 1. The van der Waals surface area contributed by atoms with Crippen LogP contribution in [0, 0.1) is 11.6 Å². The first kappa shape index (κ1) is 19.5. The van der Waals surface area contributed by atoms with E-state index in [4.69, 9.17) is 16.7 Å². The van der Waals surface area contributed by atoms with Crippen LogP contribution >= 0.6 is 11.6 Å². The summed E-state index contributed by atoms with van der Waals surface area (Å²) in [5.74, 6) is -3.46. The van der Waals surface area contributed by atoms with Gasteiger partial charge in [0.15, 0.2) is 0 Å². The Kier molecular flexibility index (Phi) is 5.41. The fourth-order valence-electron chi connectivity index (χ4n) is 2.75. The molecule has 0 fully saturated rings. The molecule has 0 saturated carbocycles. The Morgan fingerprint density at radius 3 is 2.54 bits per heavy atom. The number of H-pyrrole nitrogens is 1. The number of fused-ring (bicyclic) bond motifs is 1. The molecule has 0 spiro atoms. The molecule has 0 aliphatic carbocycles. The van der Waals surface area contributed by atoms with E-state index in [0.717, 1.165) is 6.07 Å². The number of carboxylic acids is 1. The number of nitrogens with one attached hydrogen (secondary N) is 2. The lowest BCUT2D eigenvalue weighted by atomic mass is 10.1. The highest BCUT2D eigenvalue weighted by Crippen LogP contribution is 2.22. The fourth-order valence-corrected chi connectivity index (χ4v) is 3.00. The molecule has 2 aromatic carbocycles. The lowest BCUT2D eigenvalue weighted by Gasteiger charge is -2.10.